The SMILES string of the molecule is CCC(C(=O)O)n1c(=NC(=O)c2cccc(OC(F)(F)F)c2)sc2c(Cl)cccc21. The first kappa shape index (κ1) is 21.8. The maximum Gasteiger partial charge on any atom is 0.573 e. The number of carboxylic acids is 1. The summed E-state index contributed by atoms with van der Waals surface area (Å²) in [6.45, 7) is 1.67. The van der Waals surface area contributed by atoms with Crippen molar-refractivity contribution in [1.29, 1.82) is 0 Å². The number of nitrogens with zero attached hydrogens (tertiary/aromatic N) is 2. The molecule has 1 unspecified atom stereocenters. The van der Waals surface area contributed by atoms with Crippen LogP contribution in [0.25, 0.3) is 10.2 Å². The van der Waals surface area contributed by atoms with Crippen molar-refractivity contribution in [2.24, 2.45) is 4.99 Å². The largest absolute Gasteiger partial charge is 0.573 e. The van der Waals surface area contributed by atoms with Gasteiger partial charge in [0.2, 0.25) is 0 Å². The number of benzene rings is 2. The van der Waals surface area contributed by atoms with Gasteiger partial charge in [-0.2, -0.15) is 4.99 Å². The van der Waals surface area contributed by atoms with E-state index in [1.807, 2.05) is 0 Å². The molecule has 0 radical (unpaired) electrons. The smallest absolute Gasteiger partial charge is 0.480 e. The van der Waals surface area contributed by atoms with E-state index in [0.29, 0.717) is 15.2 Å². The molecular weight excluding hydrogens is 445 g/mol. The van der Waals surface area contributed by atoms with Crippen molar-refractivity contribution in [3.05, 3.63) is 57.9 Å². The van der Waals surface area contributed by atoms with Crippen molar-refractivity contribution in [3.8, 4) is 5.75 Å². The second kappa shape index (κ2) is 8.49. The van der Waals surface area contributed by atoms with Gasteiger partial charge in [0.15, 0.2) is 4.80 Å². The van der Waals surface area contributed by atoms with E-state index in [9.17, 15) is 27.9 Å². The molecule has 3 aromatic rings. The van der Waals surface area contributed by atoms with Crippen LogP contribution in [0.1, 0.15) is 29.7 Å². The highest BCUT2D eigenvalue weighted by Crippen LogP contribution is 2.29. The third-order valence-electron chi connectivity index (χ3n) is 4.10. The van der Waals surface area contributed by atoms with E-state index in [1.165, 1.54) is 16.7 Å². The van der Waals surface area contributed by atoms with Gasteiger partial charge in [-0.15, -0.1) is 13.2 Å². The molecule has 2 aromatic carbocycles. The molecular formula is C19H14ClF3N2O4S. The fraction of sp³-hybridized carbons (Fsp3) is 0.211. The first-order chi connectivity index (χ1) is 14.1. The van der Waals surface area contributed by atoms with Crippen molar-refractivity contribution in [2.45, 2.75) is 25.7 Å². The monoisotopic (exact) mass is 458 g/mol. The van der Waals surface area contributed by atoms with E-state index < -0.39 is 30.0 Å². The molecule has 0 saturated carbocycles. The summed E-state index contributed by atoms with van der Waals surface area (Å²) >= 11 is 7.22. The molecule has 0 aliphatic rings. The van der Waals surface area contributed by atoms with Gasteiger partial charge in [-0.1, -0.05) is 42.0 Å². The topological polar surface area (TPSA) is 80.9 Å². The lowest BCUT2D eigenvalue weighted by Gasteiger charge is -2.13. The van der Waals surface area contributed by atoms with Crippen molar-refractivity contribution < 1.29 is 32.6 Å². The number of carbonyl (C=O) groups is 2. The van der Waals surface area contributed by atoms with Crippen molar-refractivity contribution >= 4 is 45.0 Å². The van der Waals surface area contributed by atoms with Crippen LogP contribution in [-0.4, -0.2) is 27.9 Å². The maximum absolute atomic E-state index is 12.6. The predicted octanol–water partition coefficient (Wildman–Crippen LogP) is 5.03. The van der Waals surface area contributed by atoms with Crippen LogP contribution in [0.5, 0.6) is 5.75 Å². The number of rotatable bonds is 5. The molecule has 11 heteroatoms. The first-order valence-electron chi connectivity index (χ1n) is 8.58. The van der Waals surface area contributed by atoms with E-state index in [4.69, 9.17) is 11.6 Å². The van der Waals surface area contributed by atoms with Gasteiger partial charge in [0.05, 0.1) is 15.2 Å². The Hall–Kier alpha value is -2.85. The summed E-state index contributed by atoms with van der Waals surface area (Å²) in [5.41, 5.74) is 0.345. The third-order valence-corrected chi connectivity index (χ3v) is 5.63. The number of hydrogen-bond acceptors (Lipinski definition) is 4. The highest BCUT2D eigenvalue weighted by molar-refractivity contribution is 7.17. The van der Waals surface area contributed by atoms with Gasteiger partial charge in [-0.05, 0) is 36.8 Å². The molecule has 0 bridgehead atoms. The summed E-state index contributed by atoms with van der Waals surface area (Å²) in [5, 5.41) is 9.96. The van der Waals surface area contributed by atoms with Gasteiger partial charge in [0, 0.05) is 5.56 Å². The van der Waals surface area contributed by atoms with Gasteiger partial charge in [-0.25, -0.2) is 4.79 Å². The van der Waals surface area contributed by atoms with Gasteiger partial charge in [0.25, 0.3) is 5.91 Å². The minimum atomic E-state index is -4.90. The van der Waals surface area contributed by atoms with E-state index in [1.54, 1.807) is 25.1 Å². The molecule has 0 aliphatic carbocycles. The molecule has 0 saturated heterocycles. The molecule has 3 rings (SSSR count). The molecule has 1 aromatic heterocycles. The van der Waals surface area contributed by atoms with Gasteiger partial charge >= 0.3 is 12.3 Å². The van der Waals surface area contributed by atoms with E-state index >= 15 is 0 Å². The fourth-order valence-electron chi connectivity index (χ4n) is 2.85. The Morgan fingerprint density at radius 2 is 1.97 bits per heavy atom. The summed E-state index contributed by atoms with van der Waals surface area (Å²) in [7, 11) is 0. The molecule has 158 valence electrons. The average Bonchev–Trinajstić information content (AvgIpc) is 3.00. The third kappa shape index (κ3) is 4.65. The standard InChI is InChI=1S/C19H14ClF3N2O4S/c1-2-13(17(27)28)25-14-8-4-7-12(20)15(14)30-18(25)24-16(26)10-5-3-6-11(9-10)29-19(21,22)23/h3-9,13H,2H2,1H3,(H,27,28). The van der Waals surface area contributed by atoms with Crippen molar-refractivity contribution in [1.82, 2.24) is 4.57 Å². The number of aliphatic carboxylic acids is 1. The quantitative estimate of drug-likeness (QED) is 0.581. The second-order valence-electron chi connectivity index (χ2n) is 6.10. The normalized spacial score (nSPS) is 13.4. The maximum atomic E-state index is 12.6. The number of hydrogen-bond donors (Lipinski definition) is 1. The Morgan fingerprint density at radius 1 is 1.27 bits per heavy atom. The van der Waals surface area contributed by atoms with Crippen molar-refractivity contribution in [2.75, 3.05) is 0 Å². The van der Waals surface area contributed by atoms with Gasteiger partial charge in [0.1, 0.15) is 11.8 Å². The Morgan fingerprint density at radius 3 is 2.60 bits per heavy atom. The van der Waals surface area contributed by atoms with Crippen LogP contribution in [-0.2, 0) is 4.79 Å². The number of ether oxygens (including phenoxy) is 1. The Kier molecular flexibility index (Phi) is 6.18. The average molecular weight is 459 g/mol. The van der Waals surface area contributed by atoms with Crippen LogP contribution in [0, 0.1) is 0 Å². The summed E-state index contributed by atoms with van der Waals surface area (Å²) < 4.78 is 43.1. The van der Waals surface area contributed by atoms with Crippen LogP contribution in [0.15, 0.2) is 47.5 Å². The highest BCUT2D eigenvalue weighted by Gasteiger charge is 2.31. The second-order valence-corrected chi connectivity index (χ2v) is 7.48. The van der Waals surface area contributed by atoms with Gasteiger partial charge in [-0.3, -0.25) is 4.79 Å². The molecule has 1 N–H and O–H groups in total. The van der Waals surface area contributed by atoms with Crippen LogP contribution in [0.2, 0.25) is 5.02 Å². The molecule has 1 amide bonds. The van der Waals surface area contributed by atoms with Crippen molar-refractivity contribution in [3.63, 3.8) is 0 Å². The molecule has 6 nitrogen and oxygen atoms in total. The van der Waals surface area contributed by atoms with Crippen LogP contribution in [0.3, 0.4) is 0 Å². The molecule has 0 fully saturated rings. The predicted molar refractivity (Wildman–Crippen MR) is 105 cm³/mol. The zero-order valence-electron chi connectivity index (χ0n) is 15.3. The fourth-order valence-corrected chi connectivity index (χ4v) is 4.21. The first-order valence-corrected chi connectivity index (χ1v) is 9.77. The number of carbonyl (C=O) groups excluding carboxylic acids is 1. The lowest BCUT2D eigenvalue weighted by atomic mass is 10.2. The highest BCUT2D eigenvalue weighted by atomic mass is 35.5. The zero-order chi connectivity index (χ0) is 22.1. The molecule has 30 heavy (non-hydrogen) atoms. The molecule has 0 aliphatic heterocycles. The van der Waals surface area contributed by atoms with Crippen LogP contribution < -0.4 is 9.54 Å². The minimum Gasteiger partial charge on any atom is -0.480 e. The number of alkyl halides is 3. The number of thiazole rings is 1. The van der Waals surface area contributed by atoms with E-state index in [2.05, 4.69) is 9.73 Å². The molecule has 0 spiro atoms. The minimum absolute atomic E-state index is 0.0690. The Bertz CT molecular complexity index is 1190. The number of carboxylic acid groups (broad SMARTS) is 1. The number of amides is 1. The van der Waals surface area contributed by atoms with Crippen LogP contribution in [0.4, 0.5) is 13.2 Å². The number of aromatic nitrogens is 1. The summed E-state index contributed by atoms with van der Waals surface area (Å²) in [4.78, 5) is 28.4. The molecule has 1 heterocycles. The Labute approximate surface area is 176 Å². The van der Waals surface area contributed by atoms with Gasteiger partial charge < -0.3 is 14.4 Å². The Balaban J connectivity index is 2.14. The summed E-state index contributed by atoms with van der Waals surface area (Å²) in [6.07, 6.45) is -4.69. The summed E-state index contributed by atoms with van der Waals surface area (Å²) in [5.74, 6) is -2.53. The summed E-state index contributed by atoms with van der Waals surface area (Å²) in [6, 6.07) is 8.40. The van der Waals surface area contributed by atoms with E-state index in [-0.39, 0.29) is 16.8 Å². The zero-order valence-corrected chi connectivity index (χ0v) is 16.9. The number of fused-ring (bicyclic) bond motifs is 1. The van der Waals surface area contributed by atoms with Crippen LogP contribution >= 0.6 is 22.9 Å². The van der Waals surface area contributed by atoms with E-state index in [0.717, 1.165) is 23.5 Å². The molecule has 1 atom stereocenters. The lowest BCUT2D eigenvalue weighted by Crippen LogP contribution is -2.27. The number of halogens is 4. The lowest BCUT2D eigenvalue weighted by molar-refractivity contribution is -0.274.